The van der Waals surface area contributed by atoms with Gasteiger partial charge in [-0.1, -0.05) is 0 Å². The summed E-state index contributed by atoms with van der Waals surface area (Å²) in [6.07, 6.45) is 0.511. The first-order valence-corrected chi connectivity index (χ1v) is 6.55. The first-order chi connectivity index (χ1) is 9.58. The van der Waals surface area contributed by atoms with Gasteiger partial charge in [0.15, 0.2) is 0 Å². The van der Waals surface area contributed by atoms with Crippen molar-refractivity contribution in [1.29, 1.82) is 0 Å². The Morgan fingerprint density at radius 1 is 1.20 bits per heavy atom. The van der Waals surface area contributed by atoms with Gasteiger partial charge in [0.1, 0.15) is 0 Å². The number of aromatic nitrogens is 3. The molecule has 0 fully saturated rings. The van der Waals surface area contributed by atoms with Crippen LogP contribution in [0.25, 0.3) is 0 Å². The lowest BCUT2D eigenvalue weighted by molar-refractivity contribution is 0.169. The van der Waals surface area contributed by atoms with E-state index >= 15 is 0 Å². The van der Waals surface area contributed by atoms with Crippen LogP contribution in [0.15, 0.2) is 0 Å². The normalized spacial score (nSPS) is 12.3. The summed E-state index contributed by atoms with van der Waals surface area (Å²) in [5, 5.41) is 15.0. The fourth-order valence-electron chi connectivity index (χ4n) is 1.53. The quantitative estimate of drug-likeness (QED) is 0.603. The molecule has 114 valence electrons. The van der Waals surface area contributed by atoms with E-state index in [1.54, 1.807) is 14.2 Å². The van der Waals surface area contributed by atoms with E-state index in [9.17, 15) is 0 Å². The number of methoxy groups -OCH3 is 1. The molecule has 1 atom stereocenters. The van der Waals surface area contributed by atoms with Gasteiger partial charge in [0, 0.05) is 20.8 Å². The van der Waals surface area contributed by atoms with Crippen molar-refractivity contribution in [2.24, 2.45) is 0 Å². The Bertz CT molecular complexity index is 397. The first-order valence-electron chi connectivity index (χ1n) is 6.55. The van der Waals surface area contributed by atoms with Gasteiger partial charge in [-0.2, -0.15) is 15.0 Å². The standard InChI is InChI=1S/C12H23N5O3/c1-8(2)20-12-16-10(13-3)15-11(17-12)14-9(5-6-18)7-19-4/h8-9,18H,5-7H2,1-4H3,(H2,13,14,15,16,17). The number of ether oxygens (including phenoxy) is 2. The van der Waals surface area contributed by atoms with Gasteiger partial charge in [-0.3, -0.25) is 0 Å². The second-order valence-corrected chi connectivity index (χ2v) is 4.49. The molecule has 1 aromatic rings. The van der Waals surface area contributed by atoms with E-state index in [0.717, 1.165) is 0 Å². The van der Waals surface area contributed by atoms with Gasteiger partial charge in [0.05, 0.1) is 18.8 Å². The second-order valence-electron chi connectivity index (χ2n) is 4.49. The molecule has 1 aromatic heterocycles. The summed E-state index contributed by atoms with van der Waals surface area (Å²) in [5.41, 5.74) is 0. The van der Waals surface area contributed by atoms with E-state index in [1.807, 2.05) is 13.8 Å². The number of aliphatic hydroxyl groups is 1. The van der Waals surface area contributed by atoms with Gasteiger partial charge in [-0.25, -0.2) is 0 Å². The van der Waals surface area contributed by atoms with Crippen molar-refractivity contribution in [1.82, 2.24) is 15.0 Å². The minimum atomic E-state index is -0.0796. The van der Waals surface area contributed by atoms with Crippen molar-refractivity contribution in [2.75, 3.05) is 38.0 Å². The number of hydrogen-bond acceptors (Lipinski definition) is 8. The zero-order chi connectivity index (χ0) is 15.0. The number of aliphatic hydroxyl groups excluding tert-OH is 1. The lowest BCUT2D eigenvalue weighted by Crippen LogP contribution is -2.27. The highest BCUT2D eigenvalue weighted by molar-refractivity contribution is 5.36. The van der Waals surface area contributed by atoms with E-state index in [4.69, 9.17) is 14.6 Å². The Morgan fingerprint density at radius 2 is 1.90 bits per heavy atom. The van der Waals surface area contributed by atoms with Crippen LogP contribution in [-0.4, -0.2) is 59.6 Å². The smallest absolute Gasteiger partial charge is 0.323 e. The van der Waals surface area contributed by atoms with E-state index < -0.39 is 0 Å². The molecule has 0 radical (unpaired) electrons. The fourth-order valence-corrected chi connectivity index (χ4v) is 1.53. The maximum absolute atomic E-state index is 9.03. The summed E-state index contributed by atoms with van der Waals surface area (Å²) in [5.74, 6) is 0.800. The van der Waals surface area contributed by atoms with E-state index in [2.05, 4.69) is 25.6 Å². The zero-order valence-electron chi connectivity index (χ0n) is 12.4. The molecule has 8 heteroatoms. The molecule has 0 bridgehead atoms. The second kappa shape index (κ2) is 8.49. The van der Waals surface area contributed by atoms with E-state index in [1.165, 1.54) is 0 Å². The van der Waals surface area contributed by atoms with Crippen LogP contribution in [-0.2, 0) is 4.74 Å². The van der Waals surface area contributed by atoms with Crippen molar-refractivity contribution in [2.45, 2.75) is 32.4 Å². The Kier molecular flexibility index (Phi) is 6.96. The number of rotatable bonds is 9. The van der Waals surface area contributed by atoms with Crippen LogP contribution >= 0.6 is 0 Å². The van der Waals surface area contributed by atoms with Gasteiger partial charge in [-0.15, -0.1) is 0 Å². The largest absolute Gasteiger partial charge is 0.461 e. The molecule has 20 heavy (non-hydrogen) atoms. The summed E-state index contributed by atoms with van der Waals surface area (Å²) >= 11 is 0. The topological polar surface area (TPSA) is 101 Å². The SMILES string of the molecule is CNc1nc(NC(CCO)COC)nc(OC(C)C)n1. The summed E-state index contributed by atoms with van der Waals surface area (Å²) in [4.78, 5) is 12.5. The Morgan fingerprint density at radius 3 is 2.45 bits per heavy atom. The van der Waals surface area contributed by atoms with Crippen molar-refractivity contribution in [3.8, 4) is 6.01 Å². The highest BCUT2D eigenvalue weighted by atomic mass is 16.5. The van der Waals surface area contributed by atoms with Crippen LogP contribution in [0.2, 0.25) is 0 Å². The van der Waals surface area contributed by atoms with Crippen LogP contribution in [0, 0.1) is 0 Å². The zero-order valence-corrected chi connectivity index (χ0v) is 12.4. The van der Waals surface area contributed by atoms with Gasteiger partial charge in [-0.05, 0) is 20.3 Å². The van der Waals surface area contributed by atoms with Crippen LogP contribution in [0.4, 0.5) is 11.9 Å². The predicted octanol–water partition coefficient (Wildman–Crippen LogP) is 0.510. The number of nitrogens with one attached hydrogen (secondary N) is 2. The monoisotopic (exact) mass is 285 g/mol. The maximum Gasteiger partial charge on any atom is 0.323 e. The fraction of sp³-hybridized carbons (Fsp3) is 0.750. The molecular weight excluding hydrogens is 262 g/mol. The maximum atomic E-state index is 9.03. The van der Waals surface area contributed by atoms with Gasteiger partial charge < -0.3 is 25.2 Å². The third-order valence-electron chi connectivity index (χ3n) is 2.36. The number of anilines is 2. The van der Waals surface area contributed by atoms with Crippen molar-refractivity contribution in [3.05, 3.63) is 0 Å². The molecule has 3 N–H and O–H groups in total. The van der Waals surface area contributed by atoms with E-state index in [0.29, 0.717) is 24.9 Å². The lowest BCUT2D eigenvalue weighted by Gasteiger charge is -2.17. The average molecular weight is 285 g/mol. The highest BCUT2D eigenvalue weighted by Gasteiger charge is 2.13. The van der Waals surface area contributed by atoms with E-state index in [-0.39, 0.29) is 24.8 Å². The summed E-state index contributed by atoms with van der Waals surface area (Å²) in [7, 11) is 3.32. The molecule has 0 aromatic carbocycles. The van der Waals surface area contributed by atoms with Gasteiger partial charge >= 0.3 is 6.01 Å². The van der Waals surface area contributed by atoms with Crippen LogP contribution in [0.5, 0.6) is 6.01 Å². The van der Waals surface area contributed by atoms with Crippen LogP contribution < -0.4 is 15.4 Å². The molecule has 1 unspecified atom stereocenters. The Hall–Kier alpha value is -1.67. The van der Waals surface area contributed by atoms with Crippen LogP contribution in [0.1, 0.15) is 20.3 Å². The average Bonchev–Trinajstić information content (AvgIpc) is 2.38. The number of hydrogen-bond donors (Lipinski definition) is 3. The third kappa shape index (κ3) is 5.54. The number of nitrogens with zero attached hydrogens (tertiary/aromatic N) is 3. The molecule has 0 aliphatic rings. The first kappa shape index (κ1) is 16.4. The Balaban J connectivity index is 2.85. The minimum absolute atomic E-state index is 0.0258. The molecule has 0 amide bonds. The summed E-state index contributed by atoms with van der Waals surface area (Å²) < 4.78 is 10.6. The summed E-state index contributed by atoms with van der Waals surface area (Å²) in [6, 6.07) is 0.172. The molecule has 0 saturated heterocycles. The minimum Gasteiger partial charge on any atom is -0.461 e. The molecule has 8 nitrogen and oxygen atoms in total. The van der Waals surface area contributed by atoms with Crippen molar-refractivity contribution < 1.29 is 14.6 Å². The summed E-state index contributed by atoms with van der Waals surface area (Å²) in [6.45, 7) is 4.30. The predicted molar refractivity (Wildman–Crippen MR) is 76.1 cm³/mol. The Labute approximate surface area is 118 Å². The van der Waals surface area contributed by atoms with Crippen molar-refractivity contribution in [3.63, 3.8) is 0 Å². The van der Waals surface area contributed by atoms with Gasteiger partial charge in [0.25, 0.3) is 0 Å². The molecular formula is C12H23N5O3. The molecule has 0 aliphatic heterocycles. The molecule has 1 rings (SSSR count). The third-order valence-corrected chi connectivity index (χ3v) is 2.36. The van der Waals surface area contributed by atoms with Crippen LogP contribution in [0.3, 0.4) is 0 Å². The molecule has 0 saturated carbocycles. The van der Waals surface area contributed by atoms with Crippen molar-refractivity contribution >= 4 is 11.9 Å². The molecule has 1 heterocycles. The lowest BCUT2D eigenvalue weighted by atomic mass is 10.2. The van der Waals surface area contributed by atoms with Gasteiger partial charge in [0.2, 0.25) is 11.9 Å². The molecule has 0 aliphatic carbocycles. The highest BCUT2D eigenvalue weighted by Crippen LogP contribution is 2.13. The molecule has 0 spiro atoms.